The van der Waals surface area contributed by atoms with E-state index in [1.807, 2.05) is 11.0 Å². The first-order valence-corrected chi connectivity index (χ1v) is 10.5. The predicted molar refractivity (Wildman–Crippen MR) is 96.2 cm³/mol. The summed E-state index contributed by atoms with van der Waals surface area (Å²) in [6.45, 7) is 0. The van der Waals surface area contributed by atoms with Crippen molar-refractivity contribution in [1.82, 2.24) is 4.90 Å². The summed E-state index contributed by atoms with van der Waals surface area (Å²) in [7, 11) is -3.25. The lowest BCUT2D eigenvalue weighted by Gasteiger charge is -2.30. The first kappa shape index (κ1) is 16.3. The number of aryl methyl sites for hydroxylation is 1. The van der Waals surface area contributed by atoms with Crippen LogP contribution in [0.2, 0.25) is 0 Å². The van der Waals surface area contributed by atoms with Crippen LogP contribution < -0.4 is 0 Å². The SMILES string of the molecule is CS(=O)(=O)c1ccc(C(=O)N(C2CC2)C2CCc3ccccc32)cc1. The molecule has 4 rings (SSSR count). The molecule has 0 spiro atoms. The average Bonchev–Trinajstić information content (AvgIpc) is 3.34. The Bertz CT molecular complexity index is 914. The fourth-order valence-electron chi connectivity index (χ4n) is 3.73. The van der Waals surface area contributed by atoms with Crippen molar-refractivity contribution in [3.8, 4) is 0 Å². The highest BCUT2D eigenvalue weighted by Gasteiger charge is 2.40. The van der Waals surface area contributed by atoms with Crippen LogP contribution in [0.5, 0.6) is 0 Å². The third kappa shape index (κ3) is 3.09. The molecule has 0 heterocycles. The number of carbonyl (C=O) groups excluding carboxylic acids is 1. The van der Waals surface area contributed by atoms with Crippen molar-refractivity contribution in [2.24, 2.45) is 0 Å². The molecule has 2 aliphatic carbocycles. The predicted octanol–water partition coefficient (Wildman–Crippen LogP) is 3.38. The summed E-state index contributed by atoms with van der Waals surface area (Å²) in [6, 6.07) is 15.1. The lowest BCUT2D eigenvalue weighted by atomic mass is 10.1. The second kappa shape index (κ2) is 5.99. The molecular formula is C20H21NO3S. The van der Waals surface area contributed by atoms with Crippen LogP contribution in [0.1, 0.15) is 46.8 Å². The zero-order chi connectivity index (χ0) is 17.6. The van der Waals surface area contributed by atoms with E-state index >= 15 is 0 Å². The van der Waals surface area contributed by atoms with Crippen LogP contribution in [0.4, 0.5) is 0 Å². The van der Waals surface area contributed by atoms with Crippen LogP contribution in [0.3, 0.4) is 0 Å². The van der Waals surface area contributed by atoms with Crippen molar-refractivity contribution in [2.75, 3.05) is 6.26 Å². The Labute approximate surface area is 148 Å². The fourth-order valence-corrected chi connectivity index (χ4v) is 4.36. The molecule has 5 heteroatoms. The first-order chi connectivity index (χ1) is 11.9. The van der Waals surface area contributed by atoms with E-state index in [0.717, 1.165) is 25.7 Å². The minimum Gasteiger partial charge on any atom is -0.329 e. The quantitative estimate of drug-likeness (QED) is 0.845. The Hall–Kier alpha value is -2.14. The van der Waals surface area contributed by atoms with Gasteiger partial charge in [0.1, 0.15) is 0 Å². The molecule has 2 aromatic carbocycles. The smallest absolute Gasteiger partial charge is 0.254 e. The van der Waals surface area contributed by atoms with Crippen LogP contribution in [-0.4, -0.2) is 31.5 Å². The maximum Gasteiger partial charge on any atom is 0.254 e. The lowest BCUT2D eigenvalue weighted by molar-refractivity contribution is 0.0658. The molecule has 0 N–H and O–H groups in total. The van der Waals surface area contributed by atoms with Gasteiger partial charge in [0.05, 0.1) is 10.9 Å². The monoisotopic (exact) mass is 355 g/mol. The molecule has 130 valence electrons. The topological polar surface area (TPSA) is 54.5 Å². The van der Waals surface area contributed by atoms with Crippen LogP contribution in [-0.2, 0) is 16.3 Å². The molecule has 0 bridgehead atoms. The van der Waals surface area contributed by atoms with Crippen LogP contribution in [0, 0.1) is 0 Å². The van der Waals surface area contributed by atoms with Gasteiger partial charge >= 0.3 is 0 Å². The van der Waals surface area contributed by atoms with Gasteiger partial charge < -0.3 is 4.90 Å². The Morgan fingerprint density at radius 3 is 2.32 bits per heavy atom. The second-order valence-electron chi connectivity index (χ2n) is 6.99. The summed E-state index contributed by atoms with van der Waals surface area (Å²) in [4.78, 5) is 15.4. The molecule has 2 aliphatic rings. The Morgan fingerprint density at radius 2 is 1.68 bits per heavy atom. The summed E-state index contributed by atoms with van der Waals surface area (Å²) in [5.74, 6) is 0.00394. The van der Waals surface area contributed by atoms with Crippen molar-refractivity contribution in [3.63, 3.8) is 0 Å². The van der Waals surface area contributed by atoms with Crippen molar-refractivity contribution < 1.29 is 13.2 Å². The number of hydrogen-bond donors (Lipinski definition) is 0. The van der Waals surface area contributed by atoms with E-state index in [2.05, 4.69) is 18.2 Å². The first-order valence-electron chi connectivity index (χ1n) is 8.66. The number of benzene rings is 2. The second-order valence-corrected chi connectivity index (χ2v) is 9.01. The summed E-state index contributed by atoms with van der Waals surface area (Å²) in [6.07, 6.45) is 5.24. The largest absolute Gasteiger partial charge is 0.329 e. The Kier molecular flexibility index (Phi) is 3.91. The molecule has 0 aliphatic heterocycles. The molecule has 1 fully saturated rings. The van der Waals surface area contributed by atoms with Crippen molar-refractivity contribution in [3.05, 3.63) is 65.2 Å². The third-order valence-corrected chi connectivity index (χ3v) is 6.27. The summed E-state index contributed by atoms with van der Waals surface area (Å²) in [5, 5.41) is 0. The van der Waals surface area contributed by atoms with Gasteiger partial charge in [-0.25, -0.2) is 8.42 Å². The maximum absolute atomic E-state index is 13.2. The molecule has 1 atom stereocenters. The highest BCUT2D eigenvalue weighted by atomic mass is 32.2. The van der Waals surface area contributed by atoms with Crippen molar-refractivity contribution in [1.29, 1.82) is 0 Å². The van der Waals surface area contributed by atoms with E-state index in [1.54, 1.807) is 12.1 Å². The number of hydrogen-bond acceptors (Lipinski definition) is 3. The maximum atomic E-state index is 13.2. The van der Waals surface area contributed by atoms with E-state index < -0.39 is 9.84 Å². The molecule has 1 unspecified atom stereocenters. The molecule has 1 amide bonds. The standard InChI is InChI=1S/C20H21NO3S/c1-25(23,24)17-11-6-15(7-12-17)20(22)21(16-9-10-16)19-13-8-14-4-2-3-5-18(14)19/h2-7,11-12,16,19H,8-10,13H2,1H3. The summed E-state index contributed by atoms with van der Waals surface area (Å²) < 4.78 is 23.2. The van der Waals surface area contributed by atoms with Gasteiger partial charge in [0, 0.05) is 17.9 Å². The van der Waals surface area contributed by atoms with E-state index in [0.29, 0.717) is 11.6 Å². The number of fused-ring (bicyclic) bond motifs is 1. The van der Waals surface area contributed by atoms with E-state index in [9.17, 15) is 13.2 Å². The number of sulfone groups is 1. The molecule has 1 saturated carbocycles. The van der Waals surface area contributed by atoms with Crippen LogP contribution >= 0.6 is 0 Å². The molecule has 0 aromatic heterocycles. The van der Waals surface area contributed by atoms with Gasteiger partial charge in [-0.3, -0.25) is 4.79 Å². The van der Waals surface area contributed by atoms with E-state index in [1.165, 1.54) is 29.5 Å². The number of amides is 1. The highest BCUT2D eigenvalue weighted by molar-refractivity contribution is 7.90. The molecule has 0 radical (unpaired) electrons. The van der Waals surface area contributed by atoms with Gasteiger partial charge in [0.2, 0.25) is 0 Å². The van der Waals surface area contributed by atoms with Gasteiger partial charge in [-0.05, 0) is 61.1 Å². The van der Waals surface area contributed by atoms with Gasteiger partial charge in [-0.1, -0.05) is 24.3 Å². The average molecular weight is 355 g/mol. The van der Waals surface area contributed by atoms with Crippen molar-refractivity contribution in [2.45, 2.75) is 42.7 Å². The Balaban J connectivity index is 1.65. The molecule has 0 saturated heterocycles. The number of rotatable bonds is 4. The van der Waals surface area contributed by atoms with Crippen LogP contribution in [0.25, 0.3) is 0 Å². The van der Waals surface area contributed by atoms with Crippen LogP contribution in [0.15, 0.2) is 53.4 Å². The summed E-state index contributed by atoms with van der Waals surface area (Å²) >= 11 is 0. The van der Waals surface area contributed by atoms with Gasteiger partial charge in [0.15, 0.2) is 9.84 Å². The zero-order valence-electron chi connectivity index (χ0n) is 14.2. The molecule has 4 nitrogen and oxygen atoms in total. The van der Waals surface area contributed by atoms with Crippen molar-refractivity contribution >= 4 is 15.7 Å². The van der Waals surface area contributed by atoms with Gasteiger partial charge in [0.25, 0.3) is 5.91 Å². The minimum atomic E-state index is -3.25. The highest BCUT2D eigenvalue weighted by Crippen LogP contribution is 2.42. The number of carbonyl (C=O) groups is 1. The lowest BCUT2D eigenvalue weighted by Crippen LogP contribution is -2.36. The third-order valence-electron chi connectivity index (χ3n) is 5.14. The number of nitrogens with zero attached hydrogens (tertiary/aromatic N) is 1. The van der Waals surface area contributed by atoms with Gasteiger partial charge in [-0.2, -0.15) is 0 Å². The summed E-state index contributed by atoms with van der Waals surface area (Å²) in [5.41, 5.74) is 3.15. The Morgan fingerprint density at radius 1 is 1.00 bits per heavy atom. The zero-order valence-corrected chi connectivity index (χ0v) is 15.0. The molecular weight excluding hydrogens is 334 g/mol. The normalized spacial score (nSPS) is 19.5. The van der Waals surface area contributed by atoms with E-state index in [4.69, 9.17) is 0 Å². The van der Waals surface area contributed by atoms with E-state index in [-0.39, 0.29) is 16.8 Å². The minimum absolute atomic E-state index is 0.00394. The van der Waals surface area contributed by atoms with Gasteiger partial charge in [-0.15, -0.1) is 0 Å². The fraction of sp³-hybridized carbons (Fsp3) is 0.350. The molecule has 25 heavy (non-hydrogen) atoms. The molecule has 2 aromatic rings.